The summed E-state index contributed by atoms with van der Waals surface area (Å²) in [5.41, 5.74) is 0.876. The molecule has 2 aromatic rings. The number of nitrogens with zero attached hydrogens (tertiary/aromatic N) is 6. The fraction of sp³-hybridized carbons (Fsp3) is 0.522. The van der Waals surface area contributed by atoms with Gasteiger partial charge in [0.25, 0.3) is 0 Å². The van der Waals surface area contributed by atoms with Crippen molar-refractivity contribution >= 4 is 23.4 Å². The number of esters is 1. The second-order valence-corrected chi connectivity index (χ2v) is 8.54. The number of hydrogen-bond acceptors (Lipinski definition) is 9. The van der Waals surface area contributed by atoms with E-state index >= 15 is 4.39 Å². The van der Waals surface area contributed by atoms with E-state index in [0.29, 0.717) is 37.3 Å². The van der Waals surface area contributed by atoms with Crippen LogP contribution in [-0.4, -0.2) is 71.1 Å². The molecule has 1 aromatic heterocycles. The van der Waals surface area contributed by atoms with Crippen molar-refractivity contribution < 1.29 is 28.6 Å². The van der Waals surface area contributed by atoms with Crippen LogP contribution in [-0.2, 0) is 16.0 Å². The Morgan fingerprint density at radius 3 is 2.83 bits per heavy atom. The number of rotatable bonds is 8. The first-order valence-electron chi connectivity index (χ1n) is 11.5. The third-order valence-electron chi connectivity index (χ3n) is 6.34. The summed E-state index contributed by atoms with van der Waals surface area (Å²) >= 11 is 0. The number of aliphatic hydroxyl groups is 1. The number of aromatic nitrogens is 3. The third kappa shape index (κ3) is 5.35. The zero-order valence-corrected chi connectivity index (χ0v) is 19.3. The van der Waals surface area contributed by atoms with E-state index in [1.54, 1.807) is 19.1 Å². The van der Waals surface area contributed by atoms with E-state index in [9.17, 15) is 14.7 Å². The molecule has 2 fully saturated rings. The van der Waals surface area contributed by atoms with Crippen LogP contribution in [0.4, 0.5) is 20.6 Å². The highest BCUT2D eigenvalue weighted by Gasteiger charge is 2.34. The predicted octanol–water partition coefficient (Wildman–Crippen LogP) is 1.97. The fourth-order valence-corrected chi connectivity index (χ4v) is 4.48. The molecule has 1 aromatic carbocycles. The molecular weight excluding hydrogens is 459 g/mol. The first-order chi connectivity index (χ1) is 16.9. The highest BCUT2D eigenvalue weighted by Crippen LogP contribution is 2.32. The second-order valence-electron chi connectivity index (χ2n) is 8.54. The number of aliphatic hydroxyl groups excluding tert-OH is 1. The lowest BCUT2D eigenvalue weighted by molar-refractivity contribution is 0.0519. The van der Waals surface area contributed by atoms with Crippen LogP contribution in [0.5, 0.6) is 0 Å². The molecule has 0 bridgehead atoms. The van der Waals surface area contributed by atoms with Gasteiger partial charge in [0.1, 0.15) is 11.9 Å². The molecule has 12 heteroatoms. The van der Waals surface area contributed by atoms with Gasteiger partial charge in [-0.1, -0.05) is 5.21 Å². The summed E-state index contributed by atoms with van der Waals surface area (Å²) in [7, 11) is 0. The molecule has 4 rings (SSSR count). The largest absolute Gasteiger partial charge is 0.461 e. The monoisotopic (exact) mass is 486 g/mol. The van der Waals surface area contributed by atoms with Crippen LogP contribution < -0.4 is 9.80 Å². The van der Waals surface area contributed by atoms with Gasteiger partial charge in [0.2, 0.25) is 0 Å². The summed E-state index contributed by atoms with van der Waals surface area (Å²) < 4.78 is 26.7. The molecule has 0 spiro atoms. The highest BCUT2D eigenvalue weighted by atomic mass is 19.1. The maximum atomic E-state index is 15.0. The number of amides is 1. The van der Waals surface area contributed by atoms with Crippen LogP contribution in [0.1, 0.15) is 30.3 Å². The molecular formula is C23H27FN6O5. The number of ether oxygens (including phenoxy) is 2. The number of nitriles is 1. The van der Waals surface area contributed by atoms with Crippen molar-refractivity contribution in [1.29, 1.82) is 5.26 Å². The van der Waals surface area contributed by atoms with Crippen molar-refractivity contribution in [2.24, 2.45) is 11.8 Å². The van der Waals surface area contributed by atoms with Gasteiger partial charge in [-0.2, -0.15) is 5.26 Å². The molecule has 0 radical (unpaired) electrons. The van der Waals surface area contributed by atoms with Crippen molar-refractivity contribution in [3.05, 3.63) is 35.9 Å². The second kappa shape index (κ2) is 10.7. The molecule has 1 unspecified atom stereocenters. The SMILES string of the molecule is CCOC(=O)c1cn(C[C@@H]2CN(c3ccc(N4CCC(C(C#N)CO)CC4)c(F)c3)C(=O)O2)nn1. The molecule has 2 aliphatic heterocycles. The van der Waals surface area contributed by atoms with E-state index in [-0.39, 0.29) is 37.9 Å². The number of cyclic esters (lactones) is 1. The normalized spacial score (nSPS) is 19.4. The van der Waals surface area contributed by atoms with Gasteiger partial charge in [0, 0.05) is 13.1 Å². The van der Waals surface area contributed by atoms with Gasteiger partial charge in [-0.3, -0.25) is 4.90 Å². The minimum Gasteiger partial charge on any atom is -0.461 e. The van der Waals surface area contributed by atoms with Crippen molar-refractivity contribution in [2.75, 3.05) is 42.6 Å². The van der Waals surface area contributed by atoms with Crippen LogP contribution in [0.15, 0.2) is 24.4 Å². The molecule has 0 saturated carbocycles. The molecule has 2 atom stereocenters. The number of piperidine rings is 1. The molecule has 2 aliphatic rings. The average molecular weight is 487 g/mol. The van der Waals surface area contributed by atoms with Crippen LogP contribution in [0.2, 0.25) is 0 Å². The Bertz CT molecular complexity index is 1110. The van der Waals surface area contributed by atoms with Gasteiger partial charge >= 0.3 is 12.1 Å². The maximum absolute atomic E-state index is 15.0. The summed E-state index contributed by atoms with van der Waals surface area (Å²) in [4.78, 5) is 27.4. The molecule has 11 nitrogen and oxygen atoms in total. The van der Waals surface area contributed by atoms with Crippen LogP contribution >= 0.6 is 0 Å². The molecule has 35 heavy (non-hydrogen) atoms. The Morgan fingerprint density at radius 1 is 1.40 bits per heavy atom. The minimum atomic E-state index is -0.597. The molecule has 2 saturated heterocycles. The van der Waals surface area contributed by atoms with Crippen LogP contribution in [0.3, 0.4) is 0 Å². The molecule has 3 heterocycles. The number of halogens is 1. The van der Waals surface area contributed by atoms with Crippen LogP contribution in [0.25, 0.3) is 0 Å². The van der Waals surface area contributed by atoms with Crippen molar-refractivity contribution in [3.63, 3.8) is 0 Å². The number of carbonyl (C=O) groups is 2. The van der Waals surface area contributed by atoms with E-state index in [4.69, 9.17) is 14.7 Å². The standard InChI is InChI=1S/C23H27FN6O5/c1-2-34-22(32)20-13-29(27-26-20)11-18-12-30(23(33)35-18)17-3-4-21(19(24)9-17)28-7-5-15(6-8-28)16(10-25)14-31/h3-4,9,13,15-16,18,31H,2,5-8,11-12,14H2,1H3/t16?,18-/m1/s1. The summed E-state index contributed by atoms with van der Waals surface area (Å²) in [6.45, 7) is 3.28. The van der Waals surface area contributed by atoms with Gasteiger partial charge in [0.15, 0.2) is 5.69 Å². The number of hydrogen-bond donors (Lipinski definition) is 1. The maximum Gasteiger partial charge on any atom is 0.414 e. The lowest BCUT2D eigenvalue weighted by Gasteiger charge is -2.35. The van der Waals surface area contributed by atoms with Crippen LogP contribution in [0, 0.1) is 29.0 Å². The summed E-state index contributed by atoms with van der Waals surface area (Å²) in [5.74, 6) is -1.33. The quantitative estimate of drug-likeness (QED) is 0.556. The van der Waals surface area contributed by atoms with Gasteiger partial charge in [-0.05, 0) is 43.9 Å². The number of anilines is 2. The van der Waals surface area contributed by atoms with E-state index in [0.717, 1.165) is 0 Å². The van der Waals surface area contributed by atoms with E-state index in [2.05, 4.69) is 16.4 Å². The number of benzene rings is 1. The van der Waals surface area contributed by atoms with Crippen molar-refractivity contribution in [1.82, 2.24) is 15.0 Å². The highest BCUT2D eigenvalue weighted by molar-refractivity contribution is 5.90. The van der Waals surface area contributed by atoms with Gasteiger partial charge < -0.3 is 19.5 Å². The van der Waals surface area contributed by atoms with E-state index < -0.39 is 29.9 Å². The molecule has 1 amide bonds. The van der Waals surface area contributed by atoms with Crippen molar-refractivity contribution in [2.45, 2.75) is 32.4 Å². The minimum absolute atomic E-state index is 0.0641. The van der Waals surface area contributed by atoms with E-state index in [1.165, 1.54) is 21.8 Å². The zero-order chi connectivity index (χ0) is 24.9. The first-order valence-corrected chi connectivity index (χ1v) is 11.5. The first kappa shape index (κ1) is 24.4. The summed E-state index contributed by atoms with van der Waals surface area (Å²) in [6.07, 6.45) is 1.66. The van der Waals surface area contributed by atoms with E-state index in [1.807, 2.05) is 4.90 Å². The Kier molecular flexibility index (Phi) is 7.45. The number of carbonyl (C=O) groups excluding carboxylic acids is 2. The zero-order valence-electron chi connectivity index (χ0n) is 19.3. The lowest BCUT2D eigenvalue weighted by atomic mass is 9.85. The summed E-state index contributed by atoms with van der Waals surface area (Å²) in [6, 6.07) is 6.77. The van der Waals surface area contributed by atoms with Gasteiger partial charge in [0.05, 0.1) is 55.9 Å². The van der Waals surface area contributed by atoms with Gasteiger partial charge in [-0.25, -0.2) is 18.7 Å². The molecule has 0 aliphatic carbocycles. The lowest BCUT2D eigenvalue weighted by Crippen LogP contribution is -2.37. The summed E-state index contributed by atoms with van der Waals surface area (Å²) in [5, 5.41) is 26.1. The van der Waals surface area contributed by atoms with Gasteiger partial charge in [-0.15, -0.1) is 5.10 Å². The Labute approximate surface area is 201 Å². The predicted molar refractivity (Wildman–Crippen MR) is 121 cm³/mol. The Hall–Kier alpha value is -3.72. The fourth-order valence-electron chi connectivity index (χ4n) is 4.48. The Morgan fingerprint density at radius 2 is 2.17 bits per heavy atom. The third-order valence-corrected chi connectivity index (χ3v) is 6.34. The Balaban J connectivity index is 1.37. The molecule has 1 N–H and O–H groups in total. The smallest absolute Gasteiger partial charge is 0.414 e. The molecule has 186 valence electrons. The topological polar surface area (TPSA) is 134 Å². The average Bonchev–Trinajstić information content (AvgIpc) is 3.47. The van der Waals surface area contributed by atoms with Crippen molar-refractivity contribution in [3.8, 4) is 6.07 Å².